The lowest BCUT2D eigenvalue weighted by atomic mass is 10.1. The molecule has 1 aliphatic carbocycles. The van der Waals surface area contributed by atoms with Gasteiger partial charge in [0.1, 0.15) is 0 Å². The van der Waals surface area contributed by atoms with Crippen molar-refractivity contribution in [2.24, 2.45) is 5.92 Å². The predicted octanol–water partition coefficient (Wildman–Crippen LogP) is 3.59. The van der Waals surface area contributed by atoms with Gasteiger partial charge in [-0.15, -0.1) is 0 Å². The van der Waals surface area contributed by atoms with Crippen LogP contribution in [-0.2, 0) is 4.79 Å². The Hall–Kier alpha value is -1.06. The molecule has 2 atom stereocenters. The van der Waals surface area contributed by atoms with Gasteiger partial charge in [0.15, 0.2) is 0 Å². The van der Waals surface area contributed by atoms with Crippen LogP contribution in [0.2, 0.25) is 5.02 Å². The van der Waals surface area contributed by atoms with E-state index in [4.69, 9.17) is 11.6 Å². The monoisotopic (exact) mass is 308 g/mol. The molecule has 0 unspecified atom stereocenters. The lowest BCUT2D eigenvalue weighted by Gasteiger charge is -2.30. The van der Waals surface area contributed by atoms with Gasteiger partial charge in [-0.3, -0.25) is 9.69 Å². The fourth-order valence-corrected chi connectivity index (χ4v) is 2.71. The molecular weight excluding hydrogens is 284 g/mol. The van der Waals surface area contributed by atoms with Crippen LogP contribution < -0.4 is 0 Å². The zero-order valence-electron chi connectivity index (χ0n) is 13.3. The highest BCUT2D eigenvalue weighted by atomic mass is 35.5. The number of benzene rings is 1. The zero-order valence-corrected chi connectivity index (χ0v) is 14.1. The third-order valence-electron chi connectivity index (χ3n) is 4.71. The third-order valence-corrected chi connectivity index (χ3v) is 4.96. The van der Waals surface area contributed by atoms with E-state index in [0.29, 0.717) is 12.6 Å². The number of nitrogens with zero attached hydrogens (tertiary/aromatic N) is 2. The highest BCUT2D eigenvalue weighted by molar-refractivity contribution is 6.30. The first-order valence-electron chi connectivity index (χ1n) is 7.61. The first kappa shape index (κ1) is 16.3. The third kappa shape index (κ3) is 4.21. The molecule has 1 amide bonds. The van der Waals surface area contributed by atoms with Crippen LogP contribution >= 0.6 is 11.6 Å². The Balaban J connectivity index is 1.93. The van der Waals surface area contributed by atoms with Crippen LogP contribution in [0.5, 0.6) is 0 Å². The second-order valence-corrected chi connectivity index (χ2v) is 6.66. The molecule has 0 saturated heterocycles. The average Bonchev–Trinajstić information content (AvgIpc) is 3.30. The second-order valence-electron chi connectivity index (χ2n) is 6.23. The van der Waals surface area contributed by atoms with Crippen LogP contribution in [0.25, 0.3) is 0 Å². The number of carbonyl (C=O) groups is 1. The van der Waals surface area contributed by atoms with Gasteiger partial charge in [-0.1, -0.05) is 23.7 Å². The van der Waals surface area contributed by atoms with E-state index < -0.39 is 0 Å². The normalized spacial score (nSPS) is 17.6. The number of halogens is 1. The number of likely N-dealkylation sites (N-methyl/N-ethyl adjacent to an activating group) is 2. The summed E-state index contributed by atoms with van der Waals surface area (Å²) in [5.74, 6) is 0.939. The van der Waals surface area contributed by atoms with Crippen LogP contribution in [0.3, 0.4) is 0 Å². The largest absolute Gasteiger partial charge is 0.338 e. The molecule has 0 bridgehead atoms. The molecule has 0 aromatic heterocycles. The van der Waals surface area contributed by atoms with Gasteiger partial charge >= 0.3 is 0 Å². The Bertz CT molecular complexity index is 484. The maximum Gasteiger partial charge on any atom is 0.236 e. The quantitative estimate of drug-likeness (QED) is 0.802. The van der Waals surface area contributed by atoms with Gasteiger partial charge in [0, 0.05) is 18.1 Å². The smallest absolute Gasteiger partial charge is 0.236 e. The van der Waals surface area contributed by atoms with Gasteiger partial charge in [0.05, 0.1) is 12.6 Å². The van der Waals surface area contributed by atoms with Crippen molar-refractivity contribution in [2.45, 2.75) is 38.8 Å². The van der Waals surface area contributed by atoms with Crippen molar-refractivity contribution in [2.75, 3.05) is 20.6 Å². The Labute approximate surface area is 132 Å². The summed E-state index contributed by atoms with van der Waals surface area (Å²) in [6.45, 7) is 4.74. The van der Waals surface area contributed by atoms with E-state index in [-0.39, 0.29) is 11.9 Å². The van der Waals surface area contributed by atoms with Crippen LogP contribution in [0, 0.1) is 5.92 Å². The Morgan fingerprint density at radius 3 is 2.33 bits per heavy atom. The fraction of sp³-hybridized carbons (Fsp3) is 0.588. The summed E-state index contributed by atoms with van der Waals surface area (Å²) in [5, 5.41) is 0.720. The molecule has 0 spiro atoms. The molecule has 116 valence electrons. The first-order valence-corrected chi connectivity index (χ1v) is 7.99. The molecule has 1 aromatic carbocycles. The SMILES string of the molecule is C[C@@H](C1CC1)N(C)CC(=O)N(C)[C@@H](C)c1ccc(Cl)cc1. The Morgan fingerprint density at radius 1 is 1.24 bits per heavy atom. The molecule has 1 aliphatic rings. The van der Waals surface area contributed by atoms with Crippen molar-refractivity contribution in [3.63, 3.8) is 0 Å². The van der Waals surface area contributed by atoms with Crippen LogP contribution in [0.1, 0.15) is 38.3 Å². The first-order chi connectivity index (χ1) is 9.90. The number of carbonyl (C=O) groups excluding carboxylic acids is 1. The highest BCUT2D eigenvalue weighted by Crippen LogP contribution is 2.34. The van der Waals surface area contributed by atoms with Crippen LogP contribution in [0.4, 0.5) is 0 Å². The number of amides is 1. The molecule has 3 nitrogen and oxygen atoms in total. The van der Waals surface area contributed by atoms with Crippen LogP contribution in [-0.4, -0.2) is 42.4 Å². The van der Waals surface area contributed by atoms with Crippen LogP contribution in [0.15, 0.2) is 24.3 Å². The van der Waals surface area contributed by atoms with Gasteiger partial charge in [-0.05, 0) is 57.4 Å². The zero-order chi connectivity index (χ0) is 15.6. The molecular formula is C17H25ClN2O. The highest BCUT2D eigenvalue weighted by Gasteiger charge is 2.31. The molecule has 21 heavy (non-hydrogen) atoms. The van der Waals surface area contributed by atoms with E-state index >= 15 is 0 Å². The average molecular weight is 309 g/mol. The number of rotatable bonds is 6. The molecule has 4 heteroatoms. The lowest BCUT2D eigenvalue weighted by Crippen LogP contribution is -2.41. The minimum absolute atomic E-state index is 0.0550. The summed E-state index contributed by atoms with van der Waals surface area (Å²) in [4.78, 5) is 16.4. The number of hydrogen-bond donors (Lipinski definition) is 0. The standard InChI is InChI=1S/C17H25ClN2O/c1-12(14-5-6-14)19(3)11-17(21)20(4)13(2)15-7-9-16(18)10-8-15/h7-10,12-14H,5-6,11H2,1-4H3/t12-,13-/m0/s1. The predicted molar refractivity (Wildman–Crippen MR) is 87.5 cm³/mol. The maximum atomic E-state index is 12.4. The van der Waals surface area contributed by atoms with Crippen molar-refractivity contribution < 1.29 is 4.79 Å². The van der Waals surface area contributed by atoms with Crippen molar-refractivity contribution in [1.29, 1.82) is 0 Å². The van der Waals surface area contributed by atoms with E-state index in [1.165, 1.54) is 12.8 Å². The number of hydrogen-bond acceptors (Lipinski definition) is 2. The van der Waals surface area contributed by atoms with E-state index in [2.05, 4.69) is 11.8 Å². The molecule has 1 fully saturated rings. The molecule has 0 radical (unpaired) electrons. The molecule has 1 saturated carbocycles. The van der Waals surface area contributed by atoms with Gasteiger partial charge < -0.3 is 4.90 Å². The minimum atomic E-state index is 0.0550. The topological polar surface area (TPSA) is 23.6 Å². The van der Waals surface area contributed by atoms with E-state index in [1.807, 2.05) is 50.2 Å². The minimum Gasteiger partial charge on any atom is -0.338 e. The molecule has 0 aliphatic heterocycles. The van der Waals surface area contributed by atoms with Gasteiger partial charge in [-0.25, -0.2) is 0 Å². The fourth-order valence-electron chi connectivity index (χ4n) is 2.59. The van der Waals surface area contributed by atoms with E-state index in [0.717, 1.165) is 16.5 Å². The summed E-state index contributed by atoms with van der Waals surface area (Å²) in [6.07, 6.45) is 2.60. The van der Waals surface area contributed by atoms with E-state index in [1.54, 1.807) is 0 Å². The second kappa shape index (κ2) is 6.80. The summed E-state index contributed by atoms with van der Waals surface area (Å²) in [5.41, 5.74) is 1.10. The van der Waals surface area contributed by atoms with Gasteiger partial charge in [0.2, 0.25) is 5.91 Å². The maximum absolute atomic E-state index is 12.4. The molecule has 1 aromatic rings. The molecule has 2 rings (SSSR count). The Kier molecular flexibility index (Phi) is 5.28. The summed E-state index contributed by atoms with van der Waals surface area (Å²) < 4.78 is 0. The van der Waals surface area contributed by atoms with Gasteiger partial charge in [-0.2, -0.15) is 0 Å². The summed E-state index contributed by atoms with van der Waals surface area (Å²) in [7, 11) is 3.92. The summed E-state index contributed by atoms with van der Waals surface area (Å²) >= 11 is 5.91. The van der Waals surface area contributed by atoms with Gasteiger partial charge in [0.25, 0.3) is 0 Å². The molecule has 0 heterocycles. The van der Waals surface area contributed by atoms with Crippen molar-refractivity contribution in [3.05, 3.63) is 34.9 Å². The van der Waals surface area contributed by atoms with Crippen molar-refractivity contribution >= 4 is 17.5 Å². The van der Waals surface area contributed by atoms with E-state index in [9.17, 15) is 4.79 Å². The summed E-state index contributed by atoms with van der Waals surface area (Å²) in [6, 6.07) is 8.24. The Morgan fingerprint density at radius 2 is 1.81 bits per heavy atom. The lowest BCUT2D eigenvalue weighted by molar-refractivity contribution is -0.133. The molecule has 0 N–H and O–H groups in total. The van der Waals surface area contributed by atoms with Crippen molar-refractivity contribution in [3.8, 4) is 0 Å². The van der Waals surface area contributed by atoms with Crippen molar-refractivity contribution in [1.82, 2.24) is 9.80 Å².